The zero-order valence-electron chi connectivity index (χ0n) is 14.7. The number of benzene rings is 2. The number of nitrogens with two attached hydrogens (primary N) is 1. The fraction of sp³-hybridized carbons (Fsp3) is 0.100. The Hall–Kier alpha value is -3.19. The van der Waals surface area contributed by atoms with Crippen molar-refractivity contribution >= 4 is 29.3 Å². The molecule has 0 spiro atoms. The van der Waals surface area contributed by atoms with E-state index < -0.39 is 5.91 Å². The largest absolute Gasteiger partial charge is 0.369 e. The molecule has 0 aliphatic heterocycles. The van der Waals surface area contributed by atoms with E-state index in [2.05, 4.69) is 15.3 Å². The molecule has 0 fully saturated rings. The maximum absolute atomic E-state index is 12.7. The van der Waals surface area contributed by atoms with Crippen molar-refractivity contribution in [1.82, 2.24) is 9.97 Å². The predicted octanol–water partition coefficient (Wildman–Crippen LogP) is 3.28. The highest BCUT2D eigenvalue weighted by Gasteiger charge is 2.13. The highest BCUT2D eigenvalue weighted by Crippen LogP contribution is 2.25. The second-order valence-electron chi connectivity index (χ2n) is 5.78. The van der Waals surface area contributed by atoms with Gasteiger partial charge in [0.15, 0.2) is 0 Å². The number of rotatable bonds is 6. The molecular formula is C20H18N4O2S. The number of nitrogens with zero attached hydrogens (tertiary/aromatic N) is 2. The third-order valence-electron chi connectivity index (χ3n) is 3.69. The maximum atomic E-state index is 12.7. The molecule has 3 aromatic rings. The first kappa shape index (κ1) is 18.6. The molecule has 0 saturated heterocycles. The van der Waals surface area contributed by atoms with Crippen LogP contribution in [0.1, 0.15) is 16.2 Å². The molecule has 0 radical (unpaired) electrons. The number of hydrogen-bond donors (Lipinski definition) is 2. The Morgan fingerprint density at radius 3 is 2.70 bits per heavy atom. The van der Waals surface area contributed by atoms with Crippen LogP contribution in [0.2, 0.25) is 0 Å². The maximum Gasteiger partial charge on any atom is 0.256 e. The van der Waals surface area contributed by atoms with Crippen LogP contribution in [-0.2, 0) is 4.79 Å². The molecule has 6 nitrogen and oxygen atoms in total. The van der Waals surface area contributed by atoms with Gasteiger partial charge in [-0.2, -0.15) is 0 Å². The average molecular weight is 378 g/mol. The van der Waals surface area contributed by atoms with Crippen LogP contribution in [0.5, 0.6) is 0 Å². The van der Waals surface area contributed by atoms with Gasteiger partial charge in [-0.15, -0.1) is 11.8 Å². The molecule has 0 atom stereocenters. The summed E-state index contributed by atoms with van der Waals surface area (Å²) in [6, 6.07) is 16.4. The molecule has 0 unspecified atom stereocenters. The predicted molar refractivity (Wildman–Crippen MR) is 107 cm³/mol. The molecule has 0 bridgehead atoms. The van der Waals surface area contributed by atoms with Crippen molar-refractivity contribution in [2.45, 2.75) is 11.8 Å². The summed E-state index contributed by atoms with van der Waals surface area (Å²) in [6.07, 6.45) is 1.70. The molecule has 0 saturated carbocycles. The third-order valence-corrected chi connectivity index (χ3v) is 4.79. The smallest absolute Gasteiger partial charge is 0.256 e. The Labute approximate surface area is 161 Å². The van der Waals surface area contributed by atoms with Crippen LogP contribution in [-0.4, -0.2) is 27.5 Å². The van der Waals surface area contributed by atoms with E-state index in [0.29, 0.717) is 22.0 Å². The van der Waals surface area contributed by atoms with Gasteiger partial charge in [0.05, 0.1) is 17.0 Å². The topological polar surface area (TPSA) is 98.0 Å². The van der Waals surface area contributed by atoms with Crippen molar-refractivity contribution in [2.75, 3.05) is 11.1 Å². The number of primary amides is 1. The van der Waals surface area contributed by atoms with Crippen molar-refractivity contribution in [1.29, 1.82) is 0 Å². The third kappa shape index (κ3) is 4.92. The number of carbonyl (C=O) groups is 2. The van der Waals surface area contributed by atoms with Gasteiger partial charge >= 0.3 is 0 Å². The van der Waals surface area contributed by atoms with E-state index in [9.17, 15) is 9.59 Å². The van der Waals surface area contributed by atoms with E-state index in [-0.39, 0.29) is 11.7 Å². The number of thioether (sulfide) groups is 1. The fourth-order valence-electron chi connectivity index (χ4n) is 2.50. The van der Waals surface area contributed by atoms with Gasteiger partial charge in [0.2, 0.25) is 5.91 Å². The first-order valence-corrected chi connectivity index (χ1v) is 9.23. The van der Waals surface area contributed by atoms with Gasteiger partial charge in [-0.05, 0) is 37.3 Å². The van der Waals surface area contributed by atoms with Crippen molar-refractivity contribution < 1.29 is 9.59 Å². The molecule has 3 rings (SSSR count). The van der Waals surface area contributed by atoms with Crippen LogP contribution >= 0.6 is 11.8 Å². The minimum absolute atomic E-state index is 0.118. The number of nitrogens with one attached hydrogen (secondary N) is 1. The van der Waals surface area contributed by atoms with E-state index in [1.807, 2.05) is 43.3 Å². The van der Waals surface area contributed by atoms with E-state index in [1.165, 1.54) is 11.8 Å². The van der Waals surface area contributed by atoms with Crippen LogP contribution in [0.25, 0.3) is 11.3 Å². The Morgan fingerprint density at radius 2 is 1.93 bits per heavy atom. The van der Waals surface area contributed by atoms with Gasteiger partial charge in [0, 0.05) is 22.3 Å². The first-order valence-electron chi connectivity index (χ1n) is 8.24. The second kappa shape index (κ2) is 8.46. The first-order chi connectivity index (χ1) is 13.0. The summed E-state index contributed by atoms with van der Waals surface area (Å²) in [4.78, 5) is 33.0. The van der Waals surface area contributed by atoms with Gasteiger partial charge in [0.25, 0.3) is 5.91 Å². The molecular weight excluding hydrogens is 360 g/mol. The van der Waals surface area contributed by atoms with Gasteiger partial charge in [-0.1, -0.05) is 24.3 Å². The Balaban J connectivity index is 1.81. The monoisotopic (exact) mass is 378 g/mol. The lowest BCUT2D eigenvalue weighted by atomic mass is 10.1. The lowest BCUT2D eigenvalue weighted by Crippen LogP contribution is -2.15. The SMILES string of the molecule is Cc1nccc(-c2cccc(NC(=O)c3ccccc3SCC(N)=O)c2)n1. The van der Waals surface area contributed by atoms with Crippen molar-refractivity contribution in [3.05, 3.63) is 72.2 Å². The molecule has 2 amide bonds. The van der Waals surface area contributed by atoms with E-state index in [1.54, 1.807) is 24.4 Å². The highest BCUT2D eigenvalue weighted by atomic mass is 32.2. The second-order valence-corrected chi connectivity index (χ2v) is 6.79. The van der Waals surface area contributed by atoms with Gasteiger partial charge < -0.3 is 11.1 Å². The number of hydrogen-bond acceptors (Lipinski definition) is 5. The van der Waals surface area contributed by atoms with Crippen LogP contribution in [0.4, 0.5) is 5.69 Å². The highest BCUT2D eigenvalue weighted by molar-refractivity contribution is 8.00. The standard InChI is InChI=1S/C20H18N4O2S/c1-13-22-10-9-17(23-13)14-5-4-6-15(11-14)24-20(26)16-7-2-3-8-18(16)27-12-19(21)25/h2-11H,12H2,1H3,(H2,21,25)(H,24,26). The summed E-state index contributed by atoms with van der Waals surface area (Å²) in [5.74, 6) is 0.122. The van der Waals surface area contributed by atoms with Gasteiger partial charge in [-0.25, -0.2) is 9.97 Å². The molecule has 0 aliphatic carbocycles. The number of aromatic nitrogens is 2. The van der Waals surface area contributed by atoms with Crippen molar-refractivity contribution in [2.24, 2.45) is 5.73 Å². The lowest BCUT2D eigenvalue weighted by Gasteiger charge is -2.10. The van der Waals surface area contributed by atoms with Crippen LogP contribution in [0.15, 0.2) is 65.7 Å². The Bertz CT molecular complexity index is 991. The molecule has 3 N–H and O–H groups in total. The quantitative estimate of drug-likeness (QED) is 0.642. The van der Waals surface area contributed by atoms with E-state index in [0.717, 1.165) is 11.3 Å². The normalized spacial score (nSPS) is 10.4. The summed E-state index contributed by atoms with van der Waals surface area (Å²) >= 11 is 1.24. The number of carbonyl (C=O) groups excluding carboxylic acids is 2. The van der Waals surface area contributed by atoms with Gasteiger partial charge in [-0.3, -0.25) is 9.59 Å². The summed E-state index contributed by atoms with van der Waals surface area (Å²) in [5.41, 5.74) is 8.02. The Morgan fingerprint density at radius 1 is 1.11 bits per heavy atom. The molecule has 0 aliphatic rings. The van der Waals surface area contributed by atoms with Crippen LogP contribution in [0.3, 0.4) is 0 Å². The average Bonchev–Trinajstić information content (AvgIpc) is 2.67. The Kier molecular flexibility index (Phi) is 5.83. The minimum atomic E-state index is -0.428. The zero-order valence-corrected chi connectivity index (χ0v) is 15.5. The molecule has 27 heavy (non-hydrogen) atoms. The number of aryl methyl sites for hydroxylation is 1. The molecule has 136 valence electrons. The number of anilines is 1. The fourth-order valence-corrected chi connectivity index (χ4v) is 3.29. The number of amides is 2. The molecule has 7 heteroatoms. The lowest BCUT2D eigenvalue weighted by molar-refractivity contribution is -0.115. The zero-order chi connectivity index (χ0) is 19.2. The summed E-state index contributed by atoms with van der Waals surface area (Å²) in [5, 5.41) is 2.90. The van der Waals surface area contributed by atoms with Crippen molar-refractivity contribution in [3.63, 3.8) is 0 Å². The van der Waals surface area contributed by atoms with Crippen LogP contribution < -0.4 is 11.1 Å². The van der Waals surface area contributed by atoms with E-state index >= 15 is 0 Å². The summed E-state index contributed by atoms with van der Waals surface area (Å²) < 4.78 is 0. The van der Waals surface area contributed by atoms with Gasteiger partial charge in [0.1, 0.15) is 5.82 Å². The summed E-state index contributed by atoms with van der Waals surface area (Å²) in [6.45, 7) is 1.83. The molecule has 2 aromatic carbocycles. The van der Waals surface area contributed by atoms with E-state index in [4.69, 9.17) is 5.73 Å². The van der Waals surface area contributed by atoms with Crippen LogP contribution in [0, 0.1) is 6.92 Å². The molecule has 1 heterocycles. The minimum Gasteiger partial charge on any atom is -0.369 e. The summed E-state index contributed by atoms with van der Waals surface area (Å²) in [7, 11) is 0. The molecule has 1 aromatic heterocycles. The van der Waals surface area contributed by atoms with Crippen molar-refractivity contribution in [3.8, 4) is 11.3 Å².